The third-order valence-electron chi connectivity index (χ3n) is 1.92. The van der Waals surface area contributed by atoms with Crippen molar-refractivity contribution in [3.8, 4) is 0 Å². The minimum absolute atomic E-state index is 0.342. The van der Waals surface area contributed by atoms with Gasteiger partial charge in [0.25, 0.3) is 5.56 Å². The average Bonchev–Trinajstić information content (AvgIpc) is 2.19. The van der Waals surface area contributed by atoms with Crippen molar-refractivity contribution in [2.24, 2.45) is 0 Å². The molecular formula is C9H5BrN2O3. The molecule has 0 unspecified atom stereocenters. The molecule has 2 aromatic rings. The first kappa shape index (κ1) is 9.85. The fourth-order valence-corrected chi connectivity index (χ4v) is 1.66. The molecule has 0 spiro atoms. The normalized spacial score (nSPS) is 10.5. The van der Waals surface area contributed by atoms with E-state index in [0.29, 0.717) is 10.1 Å². The van der Waals surface area contributed by atoms with Gasteiger partial charge in [-0.1, -0.05) is 0 Å². The molecule has 15 heavy (non-hydrogen) atoms. The number of halogens is 1. The van der Waals surface area contributed by atoms with Crippen molar-refractivity contribution >= 4 is 27.5 Å². The second kappa shape index (κ2) is 3.47. The maximum atomic E-state index is 11.6. The highest BCUT2D eigenvalue weighted by Crippen LogP contribution is 2.13. The number of nitrogens with zero attached hydrogens (tertiary/aromatic N) is 2. The SMILES string of the molecule is O=C(O)c1cnc2c(Br)cccn2c1=O. The molecule has 76 valence electrons. The van der Waals surface area contributed by atoms with Gasteiger partial charge in [0.2, 0.25) is 0 Å². The first-order chi connectivity index (χ1) is 7.11. The standard InChI is InChI=1S/C9H5BrN2O3/c10-6-2-1-3-12-7(6)11-4-5(8(12)13)9(14)15/h1-4H,(H,14,15). The topological polar surface area (TPSA) is 71.7 Å². The van der Waals surface area contributed by atoms with Crippen molar-refractivity contribution in [3.05, 3.63) is 44.9 Å². The number of rotatable bonds is 1. The van der Waals surface area contributed by atoms with Crippen LogP contribution in [0.3, 0.4) is 0 Å². The summed E-state index contributed by atoms with van der Waals surface area (Å²) in [5, 5.41) is 8.73. The van der Waals surface area contributed by atoms with Crippen molar-refractivity contribution in [1.29, 1.82) is 0 Å². The summed E-state index contributed by atoms with van der Waals surface area (Å²) >= 11 is 3.22. The Morgan fingerprint density at radius 2 is 2.27 bits per heavy atom. The average molecular weight is 269 g/mol. The van der Waals surface area contributed by atoms with Gasteiger partial charge < -0.3 is 5.11 Å². The molecule has 2 heterocycles. The lowest BCUT2D eigenvalue weighted by atomic mass is 10.3. The van der Waals surface area contributed by atoms with Crippen LogP contribution in [0, 0.1) is 0 Å². The van der Waals surface area contributed by atoms with E-state index in [1.165, 1.54) is 10.6 Å². The predicted octanol–water partition coefficient (Wildman–Crippen LogP) is 1.16. The summed E-state index contributed by atoms with van der Waals surface area (Å²) < 4.78 is 1.83. The number of carbonyl (C=O) groups is 1. The molecule has 6 heteroatoms. The van der Waals surface area contributed by atoms with Crippen LogP contribution in [-0.2, 0) is 0 Å². The molecule has 0 radical (unpaired) electrons. The Morgan fingerprint density at radius 3 is 2.93 bits per heavy atom. The summed E-state index contributed by atoms with van der Waals surface area (Å²) in [7, 11) is 0. The summed E-state index contributed by atoms with van der Waals surface area (Å²) in [6, 6.07) is 3.36. The quantitative estimate of drug-likeness (QED) is 0.843. The van der Waals surface area contributed by atoms with Gasteiger partial charge in [0.15, 0.2) is 5.65 Å². The van der Waals surface area contributed by atoms with Crippen LogP contribution in [-0.4, -0.2) is 20.5 Å². The van der Waals surface area contributed by atoms with Crippen molar-refractivity contribution in [2.45, 2.75) is 0 Å². The van der Waals surface area contributed by atoms with E-state index in [4.69, 9.17) is 5.11 Å². The maximum Gasteiger partial charge on any atom is 0.342 e. The lowest BCUT2D eigenvalue weighted by Gasteiger charge is -2.01. The number of carboxylic acids is 1. The molecule has 0 atom stereocenters. The number of pyridine rings is 1. The second-order valence-electron chi connectivity index (χ2n) is 2.83. The van der Waals surface area contributed by atoms with E-state index in [-0.39, 0.29) is 5.56 Å². The van der Waals surface area contributed by atoms with Crippen molar-refractivity contribution in [1.82, 2.24) is 9.38 Å². The van der Waals surface area contributed by atoms with Crippen LogP contribution in [0.2, 0.25) is 0 Å². The van der Waals surface area contributed by atoms with Crippen LogP contribution in [0.15, 0.2) is 33.8 Å². The van der Waals surface area contributed by atoms with Gasteiger partial charge in [-0.15, -0.1) is 0 Å². The third-order valence-corrected chi connectivity index (χ3v) is 2.53. The van der Waals surface area contributed by atoms with Gasteiger partial charge in [-0.05, 0) is 28.1 Å². The Labute approximate surface area is 92.1 Å². The number of aromatic nitrogens is 2. The molecule has 0 aliphatic rings. The molecule has 0 aromatic carbocycles. The zero-order valence-corrected chi connectivity index (χ0v) is 8.93. The molecule has 0 aliphatic carbocycles. The summed E-state index contributed by atoms with van der Waals surface area (Å²) in [5.74, 6) is -1.28. The molecule has 0 aliphatic heterocycles. The number of fused-ring (bicyclic) bond motifs is 1. The van der Waals surface area contributed by atoms with Crippen LogP contribution in [0.5, 0.6) is 0 Å². The smallest absolute Gasteiger partial charge is 0.342 e. The van der Waals surface area contributed by atoms with Gasteiger partial charge in [0.1, 0.15) is 5.56 Å². The van der Waals surface area contributed by atoms with Crippen LogP contribution in [0.25, 0.3) is 5.65 Å². The first-order valence-corrected chi connectivity index (χ1v) is 4.80. The molecular weight excluding hydrogens is 264 g/mol. The van der Waals surface area contributed by atoms with E-state index in [2.05, 4.69) is 20.9 Å². The fraction of sp³-hybridized carbons (Fsp3) is 0. The van der Waals surface area contributed by atoms with Gasteiger partial charge in [-0.25, -0.2) is 9.78 Å². The first-order valence-electron chi connectivity index (χ1n) is 4.00. The summed E-state index contributed by atoms with van der Waals surface area (Å²) in [4.78, 5) is 26.2. The van der Waals surface area contributed by atoms with E-state index in [1.54, 1.807) is 12.1 Å². The largest absolute Gasteiger partial charge is 0.477 e. The Bertz CT molecular complexity index is 606. The Hall–Kier alpha value is -1.69. The van der Waals surface area contributed by atoms with Crippen LogP contribution in [0.4, 0.5) is 0 Å². The zero-order chi connectivity index (χ0) is 11.0. The van der Waals surface area contributed by atoms with Gasteiger partial charge >= 0.3 is 5.97 Å². The molecule has 2 aromatic heterocycles. The van der Waals surface area contributed by atoms with Crippen molar-refractivity contribution in [3.63, 3.8) is 0 Å². The van der Waals surface area contributed by atoms with E-state index in [0.717, 1.165) is 6.20 Å². The maximum absolute atomic E-state index is 11.6. The summed E-state index contributed by atoms with van der Waals surface area (Å²) in [6.07, 6.45) is 2.53. The fourth-order valence-electron chi connectivity index (χ4n) is 1.22. The minimum atomic E-state index is -1.28. The molecule has 0 bridgehead atoms. The van der Waals surface area contributed by atoms with Gasteiger partial charge in [0, 0.05) is 12.4 Å². The number of hydrogen-bond donors (Lipinski definition) is 1. The van der Waals surface area contributed by atoms with Crippen LogP contribution < -0.4 is 5.56 Å². The van der Waals surface area contributed by atoms with Gasteiger partial charge in [-0.3, -0.25) is 9.20 Å². The molecule has 0 fully saturated rings. The Balaban J connectivity index is 2.92. The van der Waals surface area contributed by atoms with Crippen LogP contribution >= 0.6 is 15.9 Å². The molecule has 0 saturated carbocycles. The van der Waals surface area contributed by atoms with Crippen molar-refractivity contribution in [2.75, 3.05) is 0 Å². The molecule has 5 nitrogen and oxygen atoms in total. The van der Waals surface area contributed by atoms with E-state index in [9.17, 15) is 9.59 Å². The summed E-state index contributed by atoms with van der Waals surface area (Å²) in [6.45, 7) is 0. The molecule has 0 amide bonds. The number of aromatic carboxylic acids is 1. The highest BCUT2D eigenvalue weighted by Gasteiger charge is 2.11. The second-order valence-corrected chi connectivity index (χ2v) is 3.69. The van der Waals surface area contributed by atoms with Crippen LogP contribution in [0.1, 0.15) is 10.4 Å². The van der Waals surface area contributed by atoms with E-state index in [1.807, 2.05) is 0 Å². The molecule has 2 rings (SSSR count). The number of hydrogen-bond acceptors (Lipinski definition) is 3. The Kier molecular flexibility index (Phi) is 2.28. The van der Waals surface area contributed by atoms with E-state index >= 15 is 0 Å². The lowest BCUT2D eigenvalue weighted by Crippen LogP contribution is -2.22. The van der Waals surface area contributed by atoms with Gasteiger partial charge in [0.05, 0.1) is 4.47 Å². The zero-order valence-electron chi connectivity index (χ0n) is 7.35. The minimum Gasteiger partial charge on any atom is -0.477 e. The lowest BCUT2D eigenvalue weighted by molar-refractivity contribution is 0.0694. The molecule has 1 N–H and O–H groups in total. The highest BCUT2D eigenvalue weighted by atomic mass is 79.9. The third kappa shape index (κ3) is 1.52. The van der Waals surface area contributed by atoms with E-state index < -0.39 is 11.5 Å². The highest BCUT2D eigenvalue weighted by molar-refractivity contribution is 9.10. The summed E-state index contributed by atoms with van der Waals surface area (Å²) in [5.41, 5.74) is -0.535. The molecule has 0 saturated heterocycles. The predicted molar refractivity (Wildman–Crippen MR) is 56.1 cm³/mol. The number of carboxylic acid groups (broad SMARTS) is 1. The van der Waals surface area contributed by atoms with Gasteiger partial charge in [-0.2, -0.15) is 0 Å². The van der Waals surface area contributed by atoms with Crippen molar-refractivity contribution < 1.29 is 9.90 Å². The monoisotopic (exact) mass is 268 g/mol. The Morgan fingerprint density at radius 1 is 1.53 bits per heavy atom.